The van der Waals surface area contributed by atoms with Crippen LogP contribution < -0.4 is 10.1 Å². The molecule has 1 amide bonds. The number of methoxy groups -OCH3 is 1. The average molecular weight is 593 g/mol. The van der Waals surface area contributed by atoms with E-state index >= 15 is 0 Å². The molecule has 1 saturated heterocycles. The number of phenols is 2. The van der Waals surface area contributed by atoms with Gasteiger partial charge in [0.2, 0.25) is 5.91 Å². The Morgan fingerprint density at radius 3 is 2.53 bits per heavy atom. The number of carbonyl (C=O) groups is 3. The number of nitrogens with zero attached hydrogens (tertiary/aromatic N) is 1. The van der Waals surface area contributed by atoms with E-state index in [9.17, 15) is 24.6 Å². The Morgan fingerprint density at radius 1 is 1.09 bits per heavy atom. The van der Waals surface area contributed by atoms with Crippen molar-refractivity contribution in [1.29, 1.82) is 0 Å². The van der Waals surface area contributed by atoms with Gasteiger partial charge in [-0.25, -0.2) is 4.79 Å². The predicted molar refractivity (Wildman–Crippen MR) is 165 cm³/mol. The number of phenolic OH excluding ortho intramolecular Hbond substituents is 2. The molecule has 2 heterocycles. The Hall–Kier alpha value is -3.85. The Morgan fingerprint density at radius 2 is 1.81 bits per heavy atom. The molecule has 1 fully saturated rings. The Bertz CT molecular complexity index is 1300. The molecule has 0 spiro atoms. The van der Waals surface area contributed by atoms with Gasteiger partial charge in [0.25, 0.3) is 0 Å². The number of hydrogen-bond donors (Lipinski definition) is 3. The highest BCUT2D eigenvalue weighted by molar-refractivity contribution is 5.98. The maximum Gasteiger partial charge on any atom is 0.342 e. The number of esters is 1. The summed E-state index contributed by atoms with van der Waals surface area (Å²) in [5.74, 6) is -1.54. The van der Waals surface area contributed by atoms with E-state index in [0.29, 0.717) is 61.9 Å². The standard InChI is InChI=1S/C34H44N2O7/c1-23-9-8-12-26(37)11-5-3-4-10-25-21-29(38)32(33(40)31(25)34(41)43-23)28(24-13-15-27(42-2)16-14-24)22-30(39)35-17-20-36-18-6-7-19-36/h4,10,13-16,21,23,28,38,40H,3,5-9,11-12,17-20,22H2,1-2H3,(H,35,39). The van der Waals surface area contributed by atoms with Crippen LogP contribution in [0.4, 0.5) is 0 Å². The number of ether oxygens (including phenoxy) is 2. The molecule has 2 aromatic rings. The molecule has 4 rings (SSSR count). The van der Waals surface area contributed by atoms with Crippen LogP contribution in [0.3, 0.4) is 0 Å². The number of fused-ring (bicyclic) bond motifs is 1. The quantitative estimate of drug-likeness (QED) is 0.352. The minimum atomic E-state index is -0.753. The number of amides is 1. The van der Waals surface area contributed by atoms with E-state index in [2.05, 4.69) is 10.2 Å². The Kier molecular flexibility index (Phi) is 11.6. The lowest BCUT2D eigenvalue weighted by Crippen LogP contribution is -2.34. The Balaban J connectivity index is 1.69. The third-order valence-corrected chi connectivity index (χ3v) is 8.26. The number of ketones is 1. The van der Waals surface area contributed by atoms with Gasteiger partial charge in [-0.1, -0.05) is 24.3 Å². The third kappa shape index (κ3) is 8.83. The maximum absolute atomic E-state index is 13.5. The van der Waals surface area contributed by atoms with E-state index in [1.807, 2.05) is 6.08 Å². The van der Waals surface area contributed by atoms with Gasteiger partial charge in [0.15, 0.2) is 0 Å². The number of benzene rings is 2. The average Bonchev–Trinajstić information content (AvgIpc) is 3.49. The Labute approximate surface area is 253 Å². The first-order chi connectivity index (χ1) is 20.8. The van der Waals surface area contributed by atoms with Crippen LogP contribution in [-0.4, -0.2) is 72.2 Å². The first-order valence-corrected chi connectivity index (χ1v) is 15.4. The molecular formula is C34H44N2O7. The van der Waals surface area contributed by atoms with Crippen molar-refractivity contribution in [1.82, 2.24) is 10.2 Å². The van der Waals surface area contributed by atoms with E-state index in [4.69, 9.17) is 9.47 Å². The number of Topliss-reactive ketones (excluding diaryl/α,β-unsaturated/α-hetero) is 1. The molecular weight excluding hydrogens is 548 g/mol. The summed E-state index contributed by atoms with van der Waals surface area (Å²) in [4.78, 5) is 41.1. The highest BCUT2D eigenvalue weighted by Gasteiger charge is 2.31. The number of rotatable bonds is 8. The van der Waals surface area contributed by atoms with Crippen LogP contribution in [0.5, 0.6) is 17.2 Å². The van der Waals surface area contributed by atoms with Crippen LogP contribution >= 0.6 is 0 Å². The summed E-state index contributed by atoms with van der Waals surface area (Å²) in [5, 5.41) is 26.0. The second-order valence-corrected chi connectivity index (χ2v) is 11.5. The van der Waals surface area contributed by atoms with E-state index < -0.39 is 23.7 Å². The monoisotopic (exact) mass is 592 g/mol. The van der Waals surface area contributed by atoms with Gasteiger partial charge in [0.05, 0.1) is 13.2 Å². The lowest BCUT2D eigenvalue weighted by molar-refractivity contribution is -0.121. The molecule has 2 aliphatic rings. The molecule has 2 aromatic carbocycles. The number of allylic oxidation sites excluding steroid dienone is 1. The van der Waals surface area contributed by atoms with Gasteiger partial charge < -0.3 is 29.9 Å². The molecule has 2 unspecified atom stereocenters. The number of nitrogens with one attached hydrogen (secondary N) is 1. The number of aromatic hydroxyl groups is 2. The fraction of sp³-hybridized carbons (Fsp3) is 0.500. The van der Waals surface area contributed by atoms with Gasteiger partial charge in [-0.2, -0.15) is 0 Å². The molecule has 3 N–H and O–H groups in total. The van der Waals surface area contributed by atoms with Crippen molar-refractivity contribution in [2.24, 2.45) is 0 Å². The van der Waals surface area contributed by atoms with E-state index in [1.54, 1.807) is 44.4 Å². The highest BCUT2D eigenvalue weighted by Crippen LogP contribution is 2.44. The molecule has 9 heteroatoms. The highest BCUT2D eigenvalue weighted by atomic mass is 16.5. The summed E-state index contributed by atoms with van der Waals surface area (Å²) >= 11 is 0. The fourth-order valence-electron chi connectivity index (χ4n) is 5.86. The van der Waals surface area contributed by atoms with Crippen LogP contribution in [0.15, 0.2) is 36.4 Å². The first-order valence-electron chi connectivity index (χ1n) is 15.4. The zero-order chi connectivity index (χ0) is 30.8. The van der Waals surface area contributed by atoms with Gasteiger partial charge in [-0.3, -0.25) is 9.59 Å². The molecule has 0 aliphatic carbocycles. The van der Waals surface area contributed by atoms with Crippen molar-refractivity contribution in [3.63, 3.8) is 0 Å². The summed E-state index contributed by atoms with van der Waals surface area (Å²) in [6.07, 6.45) is 8.60. The van der Waals surface area contributed by atoms with E-state index in [0.717, 1.165) is 19.6 Å². The molecule has 0 radical (unpaired) electrons. The molecule has 43 heavy (non-hydrogen) atoms. The predicted octanol–water partition coefficient (Wildman–Crippen LogP) is 5.32. The van der Waals surface area contributed by atoms with Gasteiger partial charge in [-0.15, -0.1) is 0 Å². The summed E-state index contributed by atoms with van der Waals surface area (Å²) < 4.78 is 11.0. The van der Waals surface area contributed by atoms with Crippen LogP contribution in [0.1, 0.15) is 97.7 Å². The van der Waals surface area contributed by atoms with Crippen LogP contribution in [-0.2, 0) is 14.3 Å². The van der Waals surface area contributed by atoms with Gasteiger partial charge in [0, 0.05) is 43.8 Å². The molecule has 0 saturated carbocycles. The SMILES string of the molecule is COc1ccc(C(CC(=O)NCCN2CCCC2)c2c(O)cc3c(c2O)C(=O)OC(C)CCCC(=O)CCCC=C3)cc1. The van der Waals surface area contributed by atoms with Crippen LogP contribution in [0.25, 0.3) is 6.08 Å². The van der Waals surface area contributed by atoms with Crippen molar-refractivity contribution in [3.05, 3.63) is 58.7 Å². The zero-order valence-electron chi connectivity index (χ0n) is 25.3. The normalized spacial score (nSPS) is 19.3. The number of cyclic esters (lactones) is 1. The molecule has 0 bridgehead atoms. The molecule has 2 aliphatic heterocycles. The van der Waals surface area contributed by atoms with Crippen molar-refractivity contribution >= 4 is 23.7 Å². The van der Waals surface area contributed by atoms with Gasteiger partial charge >= 0.3 is 5.97 Å². The largest absolute Gasteiger partial charge is 0.507 e. The smallest absolute Gasteiger partial charge is 0.342 e. The van der Waals surface area contributed by atoms with Crippen molar-refractivity contribution in [3.8, 4) is 17.2 Å². The molecule has 9 nitrogen and oxygen atoms in total. The number of hydrogen-bond acceptors (Lipinski definition) is 8. The number of carbonyl (C=O) groups excluding carboxylic acids is 3. The molecule has 0 aromatic heterocycles. The summed E-state index contributed by atoms with van der Waals surface area (Å²) in [6.45, 7) is 5.08. The van der Waals surface area contributed by atoms with Gasteiger partial charge in [-0.05, 0) is 87.9 Å². The minimum absolute atomic E-state index is 0.0540. The zero-order valence-corrected chi connectivity index (χ0v) is 25.3. The van der Waals surface area contributed by atoms with Crippen LogP contribution in [0.2, 0.25) is 0 Å². The van der Waals surface area contributed by atoms with Crippen molar-refractivity contribution < 1.29 is 34.1 Å². The topological polar surface area (TPSA) is 125 Å². The number of likely N-dealkylation sites (tertiary alicyclic amines) is 1. The summed E-state index contributed by atoms with van der Waals surface area (Å²) in [7, 11) is 1.56. The van der Waals surface area contributed by atoms with E-state index in [-0.39, 0.29) is 35.0 Å². The lowest BCUT2D eigenvalue weighted by Gasteiger charge is -2.23. The third-order valence-electron chi connectivity index (χ3n) is 8.26. The second-order valence-electron chi connectivity index (χ2n) is 11.5. The van der Waals surface area contributed by atoms with Crippen molar-refractivity contribution in [2.45, 2.75) is 76.7 Å². The van der Waals surface area contributed by atoms with Crippen LogP contribution in [0, 0.1) is 0 Å². The first kappa shape index (κ1) is 32.1. The molecule has 2 atom stereocenters. The fourth-order valence-corrected chi connectivity index (χ4v) is 5.86. The minimum Gasteiger partial charge on any atom is -0.507 e. The summed E-state index contributed by atoms with van der Waals surface area (Å²) in [5.41, 5.74) is 1.01. The molecule has 232 valence electrons. The second kappa shape index (κ2) is 15.6. The van der Waals surface area contributed by atoms with Crippen molar-refractivity contribution in [2.75, 3.05) is 33.3 Å². The summed E-state index contributed by atoms with van der Waals surface area (Å²) in [6, 6.07) is 8.52. The maximum atomic E-state index is 13.5. The van der Waals surface area contributed by atoms with E-state index in [1.165, 1.54) is 18.9 Å². The van der Waals surface area contributed by atoms with Gasteiger partial charge in [0.1, 0.15) is 28.6 Å². The lowest BCUT2D eigenvalue weighted by atomic mass is 9.84.